The molecule has 0 aromatic carbocycles. The lowest BCUT2D eigenvalue weighted by Gasteiger charge is -2.01. The van der Waals surface area contributed by atoms with Crippen molar-refractivity contribution in [3.8, 4) is 0 Å². The average molecular weight is 158 g/mol. The number of aliphatic hydroxyl groups is 1. The normalized spacial score (nSPS) is 13.4. The molecule has 3 nitrogen and oxygen atoms in total. The fraction of sp³-hybridized carbons (Fsp3) is 0.667. The van der Waals surface area contributed by atoms with Gasteiger partial charge in [-0.15, -0.1) is 21.5 Å². The van der Waals surface area contributed by atoms with Gasteiger partial charge >= 0.3 is 0 Å². The van der Waals surface area contributed by atoms with Gasteiger partial charge in [0.05, 0.1) is 6.10 Å². The van der Waals surface area contributed by atoms with E-state index in [4.69, 9.17) is 5.11 Å². The molecule has 4 heteroatoms. The summed E-state index contributed by atoms with van der Waals surface area (Å²) in [6, 6.07) is 0. The Hall–Kier alpha value is -0.480. The van der Waals surface area contributed by atoms with E-state index in [-0.39, 0.29) is 6.10 Å². The van der Waals surface area contributed by atoms with Crippen LogP contribution in [0.15, 0.2) is 5.51 Å². The summed E-state index contributed by atoms with van der Waals surface area (Å²) in [5.41, 5.74) is 1.68. The first-order valence-electron chi connectivity index (χ1n) is 3.26. The molecule has 1 atom stereocenters. The molecular formula is C6H10N2OS. The van der Waals surface area contributed by atoms with Crippen LogP contribution in [0.25, 0.3) is 0 Å². The molecule has 0 radical (unpaired) electrons. The van der Waals surface area contributed by atoms with Crippen LogP contribution >= 0.6 is 11.3 Å². The van der Waals surface area contributed by atoms with E-state index in [1.165, 1.54) is 11.3 Å². The fourth-order valence-electron chi connectivity index (χ4n) is 0.631. The Kier molecular flexibility index (Phi) is 2.77. The molecule has 0 amide bonds. The van der Waals surface area contributed by atoms with Crippen molar-refractivity contribution in [3.63, 3.8) is 0 Å². The molecule has 0 saturated carbocycles. The molecule has 1 heterocycles. The van der Waals surface area contributed by atoms with Crippen LogP contribution in [0.4, 0.5) is 0 Å². The third-order valence-corrected chi connectivity index (χ3v) is 2.01. The van der Waals surface area contributed by atoms with Gasteiger partial charge in [0.15, 0.2) is 0 Å². The standard InChI is InChI=1S/C6H10N2OS/c1-2-5(9)3-6-8-7-4-10-6/h4-5,9H,2-3H2,1H3. The van der Waals surface area contributed by atoms with Gasteiger partial charge in [-0.1, -0.05) is 6.92 Å². The zero-order valence-corrected chi connectivity index (χ0v) is 6.64. The van der Waals surface area contributed by atoms with Crippen LogP contribution in [0.2, 0.25) is 0 Å². The molecule has 0 bridgehead atoms. The molecule has 0 aliphatic rings. The van der Waals surface area contributed by atoms with Crippen molar-refractivity contribution in [1.29, 1.82) is 0 Å². The van der Waals surface area contributed by atoms with Crippen LogP contribution in [-0.4, -0.2) is 21.4 Å². The van der Waals surface area contributed by atoms with Gasteiger partial charge in [-0.25, -0.2) is 0 Å². The first-order chi connectivity index (χ1) is 4.83. The molecule has 0 aliphatic carbocycles. The van der Waals surface area contributed by atoms with Gasteiger partial charge < -0.3 is 5.11 Å². The van der Waals surface area contributed by atoms with Crippen LogP contribution in [0.5, 0.6) is 0 Å². The quantitative estimate of drug-likeness (QED) is 0.709. The monoisotopic (exact) mass is 158 g/mol. The van der Waals surface area contributed by atoms with Crippen LogP contribution < -0.4 is 0 Å². The minimum absolute atomic E-state index is 0.257. The molecular weight excluding hydrogens is 148 g/mol. The summed E-state index contributed by atoms with van der Waals surface area (Å²) < 4.78 is 0. The second kappa shape index (κ2) is 3.63. The molecule has 0 spiro atoms. The number of aromatic nitrogens is 2. The molecule has 1 N–H and O–H groups in total. The highest BCUT2D eigenvalue weighted by Gasteiger charge is 2.04. The predicted octanol–water partition coefficient (Wildman–Crippen LogP) is 0.851. The Morgan fingerprint density at radius 1 is 1.80 bits per heavy atom. The van der Waals surface area contributed by atoms with E-state index in [0.717, 1.165) is 11.4 Å². The van der Waals surface area contributed by atoms with Crippen LogP contribution in [0.3, 0.4) is 0 Å². The highest BCUT2D eigenvalue weighted by Crippen LogP contribution is 2.06. The van der Waals surface area contributed by atoms with E-state index >= 15 is 0 Å². The number of hydrogen-bond acceptors (Lipinski definition) is 4. The lowest BCUT2D eigenvalue weighted by atomic mass is 10.2. The predicted molar refractivity (Wildman–Crippen MR) is 39.9 cm³/mol. The summed E-state index contributed by atoms with van der Waals surface area (Å²) in [6.07, 6.45) is 1.16. The highest BCUT2D eigenvalue weighted by atomic mass is 32.1. The van der Waals surface area contributed by atoms with E-state index in [0.29, 0.717) is 6.42 Å². The van der Waals surface area contributed by atoms with E-state index in [1.807, 2.05) is 6.92 Å². The Labute approximate surface area is 63.7 Å². The Bertz CT molecular complexity index is 176. The second-order valence-corrected chi connectivity index (χ2v) is 3.02. The van der Waals surface area contributed by atoms with E-state index in [1.54, 1.807) is 5.51 Å². The summed E-state index contributed by atoms with van der Waals surface area (Å²) in [5.74, 6) is 0. The van der Waals surface area contributed by atoms with Crippen molar-refractivity contribution >= 4 is 11.3 Å². The largest absolute Gasteiger partial charge is 0.393 e. The fourth-order valence-corrected chi connectivity index (χ4v) is 1.23. The van der Waals surface area contributed by atoms with Crippen molar-refractivity contribution in [2.45, 2.75) is 25.9 Å². The van der Waals surface area contributed by atoms with Crippen LogP contribution in [0, 0.1) is 0 Å². The smallest absolute Gasteiger partial charge is 0.119 e. The van der Waals surface area contributed by atoms with Crippen molar-refractivity contribution in [1.82, 2.24) is 10.2 Å². The van der Waals surface area contributed by atoms with Gasteiger partial charge in [-0.05, 0) is 6.42 Å². The average Bonchev–Trinajstić information content (AvgIpc) is 2.40. The summed E-state index contributed by atoms with van der Waals surface area (Å²) >= 11 is 1.48. The maximum atomic E-state index is 9.17. The first kappa shape index (κ1) is 7.63. The van der Waals surface area contributed by atoms with E-state index in [9.17, 15) is 0 Å². The van der Waals surface area contributed by atoms with Crippen molar-refractivity contribution in [2.24, 2.45) is 0 Å². The molecule has 0 saturated heterocycles. The number of nitrogens with zero attached hydrogens (tertiary/aromatic N) is 2. The molecule has 1 aromatic rings. The van der Waals surface area contributed by atoms with Gasteiger partial charge in [0.2, 0.25) is 0 Å². The SMILES string of the molecule is CCC(O)Cc1nncs1. The van der Waals surface area contributed by atoms with Crippen LogP contribution in [-0.2, 0) is 6.42 Å². The summed E-state index contributed by atoms with van der Waals surface area (Å²) in [4.78, 5) is 0. The van der Waals surface area contributed by atoms with Crippen LogP contribution in [0.1, 0.15) is 18.4 Å². The maximum Gasteiger partial charge on any atom is 0.119 e. The third kappa shape index (κ3) is 2.04. The molecule has 1 rings (SSSR count). The maximum absolute atomic E-state index is 9.17. The topological polar surface area (TPSA) is 46.0 Å². The van der Waals surface area contributed by atoms with Gasteiger partial charge in [-0.3, -0.25) is 0 Å². The zero-order valence-electron chi connectivity index (χ0n) is 5.82. The van der Waals surface area contributed by atoms with Gasteiger partial charge in [0, 0.05) is 6.42 Å². The molecule has 56 valence electrons. The Morgan fingerprint density at radius 3 is 3.10 bits per heavy atom. The lowest BCUT2D eigenvalue weighted by Crippen LogP contribution is -2.07. The minimum Gasteiger partial charge on any atom is -0.393 e. The Morgan fingerprint density at radius 2 is 2.60 bits per heavy atom. The van der Waals surface area contributed by atoms with Gasteiger partial charge in [-0.2, -0.15) is 0 Å². The zero-order chi connectivity index (χ0) is 7.40. The summed E-state index contributed by atoms with van der Waals surface area (Å²) in [5, 5.41) is 17.6. The van der Waals surface area contributed by atoms with Crippen molar-refractivity contribution in [3.05, 3.63) is 10.5 Å². The summed E-state index contributed by atoms with van der Waals surface area (Å²) in [7, 11) is 0. The number of hydrogen-bond donors (Lipinski definition) is 1. The molecule has 1 aromatic heterocycles. The van der Waals surface area contributed by atoms with Crippen molar-refractivity contribution in [2.75, 3.05) is 0 Å². The Balaban J connectivity index is 2.40. The van der Waals surface area contributed by atoms with E-state index < -0.39 is 0 Å². The van der Waals surface area contributed by atoms with Gasteiger partial charge in [0.25, 0.3) is 0 Å². The van der Waals surface area contributed by atoms with Crippen molar-refractivity contribution < 1.29 is 5.11 Å². The third-order valence-electron chi connectivity index (χ3n) is 1.29. The highest BCUT2D eigenvalue weighted by molar-refractivity contribution is 7.09. The van der Waals surface area contributed by atoms with Gasteiger partial charge in [0.1, 0.15) is 10.5 Å². The summed E-state index contributed by atoms with van der Waals surface area (Å²) in [6.45, 7) is 1.95. The number of aliphatic hydroxyl groups excluding tert-OH is 1. The first-order valence-corrected chi connectivity index (χ1v) is 4.14. The van der Waals surface area contributed by atoms with E-state index in [2.05, 4.69) is 10.2 Å². The lowest BCUT2D eigenvalue weighted by molar-refractivity contribution is 0.170. The number of rotatable bonds is 3. The minimum atomic E-state index is -0.257. The second-order valence-electron chi connectivity index (χ2n) is 2.10. The molecule has 0 fully saturated rings. The molecule has 0 aliphatic heterocycles. The molecule has 1 unspecified atom stereocenters. The molecule has 10 heavy (non-hydrogen) atoms.